The Balaban J connectivity index is 0.000000181. The fourth-order valence-electron chi connectivity index (χ4n) is 7.30. The first-order valence-corrected chi connectivity index (χ1v) is 19.5. The maximum absolute atomic E-state index is 5.27. The minimum atomic E-state index is 0. The molecule has 0 saturated heterocycles. The van der Waals surface area contributed by atoms with Gasteiger partial charge in [-0.2, -0.15) is 0 Å². The number of hydrogen-bond donors (Lipinski definition) is 1. The number of allylic oxidation sites excluding steroid dienone is 4. The van der Waals surface area contributed by atoms with E-state index in [9.17, 15) is 0 Å². The maximum atomic E-state index is 5.27. The van der Waals surface area contributed by atoms with Crippen LogP contribution < -0.4 is 57.5 Å². The van der Waals surface area contributed by atoms with Gasteiger partial charge in [-0.25, -0.2) is 0 Å². The van der Waals surface area contributed by atoms with Gasteiger partial charge in [0.15, 0.2) is 0 Å². The molecule has 6 aromatic carbocycles. The molecule has 1 radical (unpaired) electrons. The number of anilines is 1. The average molecular weight is 885 g/mol. The summed E-state index contributed by atoms with van der Waals surface area (Å²) in [6.07, 6.45) is 16.7. The smallest absolute Gasteiger partial charge is 0.118 e. The Kier molecular flexibility index (Phi) is 13.3. The molecule has 10 rings (SSSR count). The molecule has 62 heavy (non-hydrogen) atoms. The van der Waals surface area contributed by atoms with Gasteiger partial charge in [0.05, 0.1) is 28.4 Å². The normalized spacial score (nSPS) is 13.4. The van der Waals surface area contributed by atoms with Gasteiger partial charge in [0.25, 0.3) is 0 Å². The number of rotatable bonds is 8. The van der Waals surface area contributed by atoms with E-state index >= 15 is 0 Å². The summed E-state index contributed by atoms with van der Waals surface area (Å²) in [5.41, 5.74) is 11.8. The van der Waals surface area contributed by atoms with E-state index in [1.807, 2.05) is 97.1 Å². The van der Waals surface area contributed by atoms with Crippen LogP contribution in [-0.2, 0) is 17.1 Å². The van der Waals surface area contributed by atoms with Crippen molar-refractivity contribution < 1.29 is 48.4 Å². The molecule has 4 heterocycles. The van der Waals surface area contributed by atoms with Crippen LogP contribution in [-0.4, -0.2) is 28.4 Å². The SMILES string of the molecule is COc1ccc(C2=CC=c3ccc4c(c3[N-]2)NC(c2ccc(OC)cc2)=CC=4)cc1.COc1ccc(C2=CC=c3ccc4c(c3[N-]2)[N-]C(c2ccc(OC)cc2)=CC=4)cc1.[Cl-].[Cu]. The first-order chi connectivity index (χ1) is 29.5. The predicted molar refractivity (Wildman–Crippen MR) is 246 cm³/mol. The van der Waals surface area contributed by atoms with Crippen molar-refractivity contribution in [2.45, 2.75) is 0 Å². The van der Waals surface area contributed by atoms with E-state index in [1.54, 1.807) is 28.4 Å². The zero-order valence-electron chi connectivity index (χ0n) is 34.3. The van der Waals surface area contributed by atoms with Gasteiger partial charge in [-0.05, 0) is 110 Å². The van der Waals surface area contributed by atoms with Crippen LogP contribution >= 0.6 is 0 Å². The molecular weight excluding hydrogens is 844 g/mol. The summed E-state index contributed by atoms with van der Waals surface area (Å²) in [5, 5.41) is 22.9. The summed E-state index contributed by atoms with van der Waals surface area (Å²) in [6.45, 7) is 0. The van der Waals surface area contributed by atoms with E-state index in [-0.39, 0.29) is 29.5 Å². The zero-order valence-corrected chi connectivity index (χ0v) is 36.0. The van der Waals surface area contributed by atoms with Gasteiger partial charge in [0.1, 0.15) is 23.0 Å². The minimum Gasteiger partial charge on any atom is -1.00 e. The summed E-state index contributed by atoms with van der Waals surface area (Å²) in [4.78, 5) is 0. The zero-order chi connectivity index (χ0) is 41.0. The average Bonchev–Trinajstić information content (AvgIpc) is 3.33. The third-order valence-electron chi connectivity index (χ3n) is 10.7. The number of methoxy groups -OCH3 is 4. The van der Waals surface area contributed by atoms with Crippen LogP contribution in [0.15, 0.2) is 146 Å². The molecule has 0 unspecified atom stereocenters. The molecule has 0 amide bonds. The van der Waals surface area contributed by atoms with Crippen molar-refractivity contribution in [1.82, 2.24) is 0 Å². The molecule has 8 nitrogen and oxygen atoms in total. The fourth-order valence-corrected chi connectivity index (χ4v) is 7.30. The Bertz CT molecular complexity index is 2590. The number of halogens is 1. The van der Waals surface area contributed by atoms with E-state index in [1.165, 1.54) is 0 Å². The van der Waals surface area contributed by atoms with E-state index < -0.39 is 0 Å². The molecule has 6 aromatic rings. The number of fused-ring (bicyclic) bond motifs is 6. The molecule has 0 spiro atoms. The van der Waals surface area contributed by atoms with Crippen molar-refractivity contribution in [2.75, 3.05) is 33.8 Å². The molecule has 0 aromatic heterocycles. The summed E-state index contributed by atoms with van der Waals surface area (Å²) in [7, 11) is 6.68. The minimum absolute atomic E-state index is 0. The van der Waals surface area contributed by atoms with Crippen molar-refractivity contribution in [3.05, 3.63) is 205 Å². The second kappa shape index (κ2) is 19.1. The van der Waals surface area contributed by atoms with E-state index in [4.69, 9.17) is 34.9 Å². The van der Waals surface area contributed by atoms with Gasteiger partial charge in [0.2, 0.25) is 0 Å². The number of ether oxygens (including phenoxy) is 4. The molecule has 315 valence electrons. The van der Waals surface area contributed by atoms with Crippen molar-refractivity contribution in [1.29, 1.82) is 0 Å². The second-order valence-electron chi connectivity index (χ2n) is 14.2. The van der Waals surface area contributed by atoms with Gasteiger partial charge >= 0.3 is 0 Å². The number of nitrogens with zero attached hydrogens (tertiary/aromatic N) is 3. The van der Waals surface area contributed by atoms with Gasteiger partial charge < -0.3 is 52.6 Å². The second-order valence-corrected chi connectivity index (χ2v) is 14.2. The molecule has 0 atom stereocenters. The molecular formula is C52H41ClCuN4O4-4. The van der Waals surface area contributed by atoms with Crippen LogP contribution in [0.25, 0.3) is 63.0 Å². The summed E-state index contributed by atoms with van der Waals surface area (Å²) >= 11 is 0. The molecule has 0 fully saturated rings. The molecule has 4 aliphatic heterocycles. The molecule has 0 aliphatic carbocycles. The van der Waals surface area contributed by atoms with Gasteiger partial charge in [-0.15, -0.1) is 34.2 Å². The van der Waals surface area contributed by atoms with Crippen LogP contribution in [0.4, 0.5) is 22.7 Å². The van der Waals surface area contributed by atoms with E-state index in [0.29, 0.717) is 0 Å². The summed E-state index contributed by atoms with van der Waals surface area (Å²) < 4.78 is 21.1. The summed E-state index contributed by atoms with van der Waals surface area (Å²) in [5.74, 6) is 3.34. The molecule has 0 saturated carbocycles. The number of hydrogen-bond acceptors (Lipinski definition) is 5. The number of nitrogens with one attached hydrogen (secondary N) is 1. The topological polar surface area (TPSA) is 91.3 Å². The standard InChI is InChI=1S/C26H21N2O2.C26H20N2O2.ClH.Cu/c2*1-29-21-11-5-17(6-12-21)23-15-9-19-3-4-20-10-16-24(28-26(20)25(19)27-23)18-7-13-22(30-2)14-8-18;;/h3-16,27H,1-2H3;3-16H,1-2H3;1H;/q-1;-2;;/p-1. The first kappa shape index (κ1) is 43.1. The van der Waals surface area contributed by atoms with Crippen molar-refractivity contribution >= 4 is 69.8 Å². The molecule has 0 bridgehead atoms. The van der Waals surface area contributed by atoms with Crippen LogP contribution in [0, 0.1) is 0 Å². The van der Waals surface area contributed by atoms with E-state index in [2.05, 4.69) is 78.2 Å². The Morgan fingerprint density at radius 3 is 1.02 bits per heavy atom. The van der Waals surface area contributed by atoms with Crippen LogP contribution in [0.5, 0.6) is 23.0 Å². The van der Waals surface area contributed by atoms with Crippen LogP contribution in [0.3, 0.4) is 0 Å². The van der Waals surface area contributed by atoms with Gasteiger partial charge in [0, 0.05) is 28.5 Å². The predicted octanol–water partition coefficient (Wildman–Crippen LogP) is 7.18. The molecule has 10 heteroatoms. The van der Waals surface area contributed by atoms with Crippen molar-refractivity contribution in [3.63, 3.8) is 0 Å². The summed E-state index contributed by atoms with van der Waals surface area (Å²) in [6, 6.07) is 40.3. The Hall–Kier alpha value is -7.03. The first-order valence-electron chi connectivity index (χ1n) is 19.5. The molecule has 1 N–H and O–H groups in total. The molecule has 4 aliphatic rings. The Morgan fingerprint density at radius 2 is 0.645 bits per heavy atom. The Labute approximate surface area is 377 Å². The quantitative estimate of drug-likeness (QED) is 0.164. The fraction of sp³-hybridized carbons (Fsp3) is 0.0769. The monoisotopic (exact) mass is 883 g/mol. The largest absolute Gasteiger partial charge is 1.00 e. The Morgan fingerprint density at radius 1 is 0.339 bits per heavy atom. The maximum Gasteiger partial charge on any atom is 0.118 e. The van der Waals surface area contributed by atoms with Crippen LogP contribution in [0.2, 0.25) is 0 Å². The van der Waals surface area contributed by atoms with Crippen molar-refractivity contribution in [2.24, 2.45) is 0 Å². The van der Waals surface area contributed by atoms with E-state index in [0.717, 1.165) is 112 Å². The van der Waals surface area contributed by atoms with Gasteiger partial charge in [-0.1, -0.05) is 103 Å². The third-order valence-corrected chi connectivity index (χ3v) is 10.7. The van der Waals surface area contributed by atoms with Gasteiger partial charge in [-0.3, -0.25) is 0 Å². The van der Waals surface area contributed by atoms with Crippen molar-refractivity contribution in [3.8, 4) is 23.0 Å². The number of benzene rings is 6. The van der Waals surface area contributed by atoms with Crippen LogP contribution in [0.1, 0.15) is 22.3 Å². The third kappa shape index (κ3) is 8.87.